The molecule has 0 bridgehead atoms. The molecule has 17 heavy (non-hydrogen) atoms. The fourth-order valence-electron chi connectivity index (χ4n) is 1.47. The number of ketones is 1. The van der Waals surface area contributed by atoms with Crippen molar-refractivity contribution < 1.29 is 14.0 Å². The molecule has 0 aliphatic carbocycles. The van der Waals surface area contributed by atoms with Crippen molar-refractivity contribution in [3.8, 4) is 11.3 Å². The number of carbonyl (C=O) groups excluding carboxylic acids is 2. The van der Waals surface area contributed by atoms with Gasteiger partial charge < -0.3 is 4.42 Å². The Balaban J connectivity index is 2.28. The van der Waals surface area contributed by atoms with Crippen LogP contribution in [-0.2, 0) is 0 Å². The summed E-state index contributed by atoms with van der Waals surface area (Å²) in [5.41, 5.74) is 1.48. The number of carbonyl (C=O) groups is 2. The quantitative estimate of drug-likeness (QED) is 0.493. The van der Waals surface area contributed by atoms with E-state index in [2.05, 4.69) is 15.9 Å². The highest BCUT2D eigenvalue weighted by Crippen LogP contribution is 2.22. The average molecular weight is 293 g/mol. The van der Waals surface area contributed by atoms with Crippen molar-refractivity contribution in [2.75, 3.05) is 5.33 Å². The van der Waals surface area contributed by atoms with Gasteiger partial charge in [-0.1, -0.05) is 40.2 Å². The van der Waals surface area contributed by atoms with E-state index in [1.807, 2.05) is 0 Å². The molecular weight excluding hydrogens is 284 g/mol. The molecule has 2 aromatic rings. The first-order chi connectivity index (χ1) is 8.24. The number of halogens is 1. The Kier molecular flexibility index (Phi) is 3.54. The van der Waals surface area contributed by atoms with Crippen LogP contribution < -0.4 is 0 Å². The van der Waals surface area contributed by atoms with E-state index in [0.717, 1.165) is 5.56 Å². The first-order valence-electron chi connectivity index (χ1n) is 4.99. The average Bonchev–Trinajstić information content (AvgIpc) is 2.87. The van der Waals surface area contributed by atoms with Gasteiger partial charge in [-0.15, -0.1) is 0 Å². The molecule has 0 atom stereocenters. The number of benzene rings is 1. The van der Waals surface area contributed by atoms with Crippen molar-refractivity contribution in [2.24, 2.45) is 0 Å². The van der Waals surface area contributed by atoms with Crippen LogP contribution >= 0.6 is 15.9 Å². The Morgan fingerprint density at radius 2 is 1.88 bits per heavy atom. The minimum Gasteiger partial charge on any atom is -0.453 e. The molecule has 0 aliphatic rings. The van der Waals surface area contributed by atoms with Gasteiger partial charge in [0.1, 0.15) is 5.76 Å². The number of hydrogen-bond acceptors (Lipinski definition) is 3. The fourth-order valence-corrected chi connectivity index (χ4v) is 1.79. The predicted molar refractivity (Wildman–Crippen MR) is 67.7 cm³/mol. The topological polar surface area (TPSA) is 47.3 Å². The van der Waals surface area contributed by atoms with Crippen LogP contribution in [0.3, 0.4) is 0 Å². The minimum absolute atomic E-state index is 0.0320. The Labute approximate surface area is 107 Å². The molecular formula is C13H9BrO3. The maximum atomic E-state index is 11.4. The van der Waals surface area contributed by atoms with Gasteiger partial charge in [-0.2, -0.15) is 0 Å². The first kappa shape index (κ1) is 11.8. The van der Waals surface area contributed by atoms with Crippen molar-refractivity contribution in [2.45, 2.75) is 0 Å². The Bertz CT molecular complexity index is 540. The maximum absolute atomic E-state index is 11.4. The molecule has 3 nitrogen and oxygen atoms in total. The smallest absolute Gasteiger partial charge is 0.185 e. The van der Waals surface area contributed by atoms with E-state index in [9.17, 15) is 9.59 Å². The molecule has 0 fully saturated rings. The van der Waals surface area contributed by atoms with E-state index >= 15 is 0 Å². The third-order valence-corrected chi connectivity index (χ3v) is 2.86. The molecule has 2 rings (SSSR count). The molecule has 86 valence electrons. The number of furan rings is 1. The van der Waals surface area contributed by atoms with E-state index in [-0.39, 0.29) is 5.78 Å². The van der Waals surface area contributed by atoms with Gasteiger partial charge in [0.15, 0.2) is 17.8 Å². The highest BCUT2D eigenvalue weighted by Gasteiger charge is 2.06. The van der Waals surface area contributed by atoms with Crippen LogP contribution in [-0.4, -0.2) is 17.4 Å². The number of aldehydes is 1. The van der Waals surface area contributed by atoms with Crippen LogP contribution in [0.4, 0.5) is 0 Å². The summed E-state index contributed by atoms with van der Waals surface area (Å²) in [5, 5.41) is 0.308. The van der Waals surface area contributed by atoms with Gasteiger partial charge in [0.2, 0.25) is 0 Å². The zero-order valence-electron chi connectivity index (χ0n) is 8.85. The van der Waals surface area contributed by atoms with E-state index in [1.54, 1.807) is 36.4 Å². The van der Waals surface area contributed by atoms with Gasteiger partial charge in [0.25, 0.3) is 0 Å². The number of rotatable bonds is 4. The van der Waals surface area contributed by atoms with Gasteiger partial charge >= 0.3 is 0 Å². The molecule has 0 aliphatic heterocycles. The molecule has 1 heterocycles. The lowest BCUT2D eigenvalue weighted by Gasteiger charge is -1.99. The number of Topliss-reactive ketones (excluding diaryl/α,β-unsaturated/α-hetero) is 1. The third-order valence-electron chi connectivity index (χ3n) is 2.36. The normalized spacial score (nSPS) is 10.2. The summed E-state index contributed by atoms with van der Waals surface area (Å²) in [5.74, 6) is 0.940. The summed E-state index contributed by atoms with van der Waals surface area (Å²) >= 11 is 3.12. The van der Waals surface area contributed by atoms with Crippen molar-refractivity contribution in [1.82, 2.24) is 0 Å². The minimum atomic E-state index is 0.0320. The van der Waals surface area contributed by atoms with E-state index < -0.39 is 0 Å². The molecule has 0 spiro atoms. The van der Waals surface area contributed by atoms with Crippen molar-refractivity contribution in [3.63, 3.8) is 0 Å². The van der Waals surface area contributed by atoms with Gasteiger partial charge in [-0.3, -0.25) is 9.59 Å². The monoisotopic (exact) mass is 292 g/mol. The van der Waals surface area contributed by atoms with Crippen LogP contribution in [0.1, 0.15) is 20.9 Å². The number of hydrogen-bond donors (Lipinski definition) is 0. The predicted octanol–water partition coefficient (Wildman–Crippen LogP) is 3.34. The van der Waals surface area contributed by atoms with Gasteiger partial charge in [-0.05, 0) is 12.1 Å². The maximum Gasteiger partial charge on any atom is 0.185 e. The zero-order chi connectivity index (χ0) is 12.3. The fraction of sp³-hybridized carbons (Fsp3) is 0.0769. The molecule has 4 heteroatoms. The molecule has 1 aromatic heterocycles. The van der Waals surface area contributed by atoms with E-state index in [4.69, 9.17) is 4.42 Å². The largest absolute Gasteiger partial charge is 0.453 e. The van der Waals surface area contributed by atoms with Gasteiger partial charge in [-0.25, -0.2) is 0 Å². The Hall–Kier alpha value is -1.68. The van der Waals surface area contributed by atoms with Crippen molar-refractivity contribution in [3.05, 3.63) is 47.7 Å². The van der Waals surface area contributed by atoms with Crippen LogP contribution in [0.25, 0.3) is 11.3 Å². The molecule has 0 unspecified atom stereocenters. The SMILES string of the molecule is O=Cc1ccc(-c2ccc(C(=O)CBr)cc2)o1. The summed E-state index contributed by atoms with van der Waals surface area (Å²) in [4.78, 5) is 21.9. The second-order valence-electron chi connectivity index (χ2n) is 3.45. The molecule has 0 saturated heterocycles. The summed E-state index contributed by atoms with van der Waals surface area (Å²) in [6.07, 6.45) is 0.659. The highest BCUT2D eigenvalue weighted by molar-refractivity contribution is 9.09. The number of alkyl halides is 1. The van der Waals surface area contributed by atoms with Crippen LogP contribution in [0.15, 0.2) is 40.8 Å². The summed E-state index contributed by atoms with van der Waals surface area (Å²) in [6, 6.07) is 10.4. The lowest BCUT2D eigenvalue weighted by molar-refractivity contribution is 0.102. The molecule has 1 aromatic carbocycles. The molecule has 0 radical (unpaired) electrons. The van der Waals surface area contributed by atoms with Crippen LogP contribution in [0, 0.1) is 0 Å². The van der Waals surface area contributed by atoms with Crippen molar-refractivity contribution >= 4 is 28.0 Å². The first-order valence-corrected chi connectivity index (χ1v) is 6.11. The summed E-state index contributed by atoms with van der Waals surface area (Å²) < 4.78 is 5.28. The Morgan fingerprint density at radius 3 is 2.41 bits per heavy atom. The van der Waals surface area contributed by atoms with Crippen molar-refractivity contribution in [1.29, 1.82) is 0 Å². The van der Waals surface area contributed by atoms with E-state index in [0.29, 0.717) is 28.7 Å². The molecule has 0 amide bonds. The lowest BCUT2D eigenvalue weighted by Crippen LogP contribution is -1.98. The summed E-state index contributed by atoms with van der Waals surface area (Å²) in [6.45, 7) is 0. The zero-order valence-corrected chi connectivity index (χ0v) is 10.4. The van der Waals surface area contributed by atoms with Gasteiger partial charge in [0.05, 0.1) is 5.33 Å². The second-order valence-corrected chi connectivity index (χ2v) is 4.01. The standard InChI is InChI=1S/C13H9BrO3/c14-7-12(16)9-1-3-10(4-2-9)13-6-5-11(8-15)17-13/h1-6,8H,7H2. The summed E-state index contributed by atoms with van der Waals surface area (Å²) in [7, 11) is 0. The molecule has 0 saturated carbocycles. The van der Waals surface area contributed by atoms with E-state index in [1.165, 1.54) is 0 Å². The highest BCUT2D eigenvalue weighted by atomic mass is 79.9. The molecule has 0 N–H and O–H groups in total. The lowest BCUT2D eigenvalue weighted by atomic mass is 10.1. The third kappa shape index (κ3) is 2.53. The Morgan fingerprint density at radius 1 is 1.18 bits per heavy atom. The second kappa shape index (κ2) is 5.10. The van der Waals surface area contributed by atoms with Crippen LogP contribution in [0.5, 0.6) is 0 Å². The van der Waals surface area contributed by atoms with Gasteiger partial charge in [0, 0.05) is 11.1 Å². The van der Waals surface area contributed by atoms with Crippen LogP contribution in [0.2, 0.25) is 0 Å².